The molecule has 0 saturated carbocycles. The highest BCUT2D eigenvalue weighted by molar-refractivity contribution is 6.14. The van der Waals surface area contributed by atoms with Gasteiger partial charge in [0.25, 0.3) is 5.91 Å². The molecule has 13 nitrogen and oxygen atoms in total. The number of hydrogen-bond acceptors (Lipinski definition) is 7. The fraction of sp³-hybridized carbons (Fsp3) is 0.535. The van der Waals surface area contributed by atoms with Crippen LogP contribution in [-0.4, -0.2) is 98.5 Å². The van der Waals surface area contributed by atoms with Crippen molar-refractivity contribution in [3.8, 4) is 0 Å². The summed E-state index contributed by atoms with van der Waals surface area (Å²) in [5, 5.41) is 14.8. The number of carbonyl (C=O) groups excluding carboxylic acids is 3. The van der Waals surface area contributed by atoms with E-state index in [1.807, 2.05) is 13.8 Å². The molecule has 8 rings (SSSR count). The van der Waals surface area contributed by atoms with Gasteiger partial charge in [0.2, 0.25) is 5.70 Å². The summed E-state index contributed by atoms with van der Waals surface area (Å²) < 4.78 is 25.9. The summed E-state index contributed by atoms with van der Waals surface area (Å²) >= 11 is 0. The summed E-state index contributed by atoms with van der Waals surface area (Å²) in [7, 11) is 1.36. The number of carboxylic acids is 1. The molecule has 0 saturated heterocycles. The first kappa shape index (κ1) is 38.0. The van der Waals surface area contributed by atoms with Crippen LogP contribution in [0.5, 0.6) is 0 Å². The molecule has 5 atom stereocenters. The smallest absolute Gasteiger partial charge is 0.481 e. The Balaban J connectivity index is 1.44. The number of methoxy groups -OCH3 is 1. The van der Waals surface area contributed by atoms with E-state index < -0.39 is 17.8 Å². The number of carbonyl (C=O) groups is 4. The monoisotopic (exact) mass is 767 g/mol. The largest absolute Gasteiger partial charge is 0.552 e. The molecular formula is C43H53N5O8+2. The van der Waals surface area contributed by atoms with Crippen molar-refractivity contribution in [1.29, 1.82) is 0 Å². The molecule has 6 aliphatic heterocycles. The van der Waals surface area contributed by atoms with Crippen molar-refractivity contribution in [2.24, 2.45) is 23.7 Å². The SMILES string of the molecule is CCCOCCOCCNC(=O)c1c(C)c2n3c1C(CC(=O)OC)=C1[C@@H](CCC(=O)O)[C@H](C)C4=[N+]1[C@@]31n3c(c(C)c(C(C)=O)c3=CC3=[N+]1C(=C2)[C@H](CC)[C@H]3C)=C4. The first-order valence-corrected chi connectivity index (χ1v) is 20.1. The summed E-state index contributed by atoms with van der Waals surface area (Å²) in [6.45, 7) is 16.3. The van der Waals surface area contributed by atoms with E-state index in [2.05, 4.69) is 69.5 Å². The van der Waals surface area contributed by atoms with Crippen LogP contribution in [0.3, 0.4) is 0 Å². The third-order valence-corrected chi connectivity index (χ3v) is 13.0. The second-order valence-corrected chi connectivity index (χ2v) is 15.9. The quantitative estimate of drug-likeness (QED) is 0.115. The van der Waals surface area contributed by atoms with Crippen LogP contribution in [0.25, 0.3) is 23.8 Å². The summed E-state index contributed by atoms with van der Waals surface area (Å²) in [5.74, 6) is -3.06. The number of carboxylic acid groups (broad SMARTS) is 1. The minimum Gasteiger partial charge on any atom is -0.481 e. The highest BCUT2D eigenvalue weighted by atomic mass is 16.5. The third-order valence-electron chi connectivity index (χ3n) is 13.0. The molecule has 56 heavy (non-hydrogen) atoms. The lowest BCUT2D eigenvalue weighted by molar-refractivity contribution is -0.838. The number of allylic oxidation sites excluding steroid dienone is 2. The van der Waals surface area contributed by atoms with Crippen LogP contribution in [0.4, 0.5) is 0 Å². The van der Waals surface area contributed by atoms with E-state index in [1.165, 1.54) is 7.11 Å². The number of nitrogens with one attached hydrogen (secondary N) is 1. The number of ether oxygens (including phenoxy) is 3. The van der Waals surface area contributed by atoms with E-state index >= 15 is 0 Å². The van der Waals surface area contributed by atoms with Crippen molar-refractivity contribution in [3.05, 3.63) is 55.7 Å². The maximum atomic E-state index is 14.7. The number of hydrogen-bond donors (Lipinski definition) is 2. The van der Waals surface area contributed by atoms with Gasteiger partial charge in [-0.3, -0.25) is 19.2 Å². The molecule has 0 radical (unpaired) electrons. The van der Waals surface area contributed by atoms with Crippen molar-refractivity contribution >= 4 is 58.9 Å². The first-order chi connectivity index (χ1) is 26.9. The Morgan fingerprint density at radius 3 is 2.21 bits per heavy atom. The van der Waals surface area contributed by atoms with E-state index in [0.717, 1.165) is 63.2 Å². The molecule has 8 heterocycles. The van der Waals surface area contributed by atoms with E-state index in [4.69, 9.17) is 14.2 Å². The first-order valence-electron chi connectivity index (χ1n) is 20.1. The van der Waals surface area contributed by atoms with Gasteiger partial charge in [-0.1, -0.05) is 36.8 Å². The molecule has 0 bridgehead atoms. The van der Waals surface area contributed by atoms with Gasteiger partial charge in [-0.2, -0.15) is 9.13 Å². The Morgan fingerprint density at radius 1 is 0.875 bits per heavy atom. The second kappa shape index (κ2) is 13.9. The van der Waals surface area contributed by atoms with Crippen LogP contribution in [0.2, 0.25) is 0 Å². The molecule has 0 aliphatic carbocycles. The van der Waals surface area contributed by atoms with Crippen LogP contribution in [0, 0.1) is 37.5 Å². The molecule has 2 aromatic rings. The average molecular weight is 768 g/mol. The van der Waals surface area contributed by atoms with Crippen molar-refractivity contribution in [2.45, 2.75) is 86.5 Å². The lowest BCUT2D eigenvalue weighted by Gasteiger charge is -2.39. The maximum Gasteiger partial charge on any atom is 0.552 e. The summed E-state index contributed by atoms with van der Waals surface area (Å²) in [4.78, 5) is 54.2. The number of ketones is 1. The zero-order valence-corrected chi connectivity index (χ0v) is 33.7. The predicted octanol–water partition coefficient (Wildman–Crippen LogP) is 3.34. The van der Waals surface area contributed by atoms with Gasteiger partial charge in [0.05, 0.1) is 90.2 Å². The van der Waals surface area contributed by atoms with E-state index in [1.54, 1.807) is 6.92 Å². The van der Waals surface area contributed by atoms with Gasteiger partial charge in [-0.05, 0) is 51.2 Å². The Morgan fingerprint density at radius 2 is 1.55 bits per heavy atom. The molecule has 6 aliphatic rings. The van der Waals surface area contributed by atoms with E-state index in [0.29, 0.717) is 55.2 Å². The molecule has 0 aromatic carbocycles. The van der Waals surface area contributed by atoms with Crippen LogP contribution in [0.1, 0.15) is 110 Å². The van der Waals surface area contributed by atoms with Gasteiger partial charge in [0, 0.05) is 43.4 Å². The van der Waals surface area contributed by atoms with Crippen LogP contribution in [0.15, 0.2) is 11.4 Å². The average Bonchev–Trinajstić information content (AvgIpc) is 3.83. The van der Waals surface area contributed by atoms with Gasteiger partial charge in [0.1, 0.15) is 0 Å². The molecule has 0 unspecified atom stereocenters. The van der Waals surface area contributed by atoms with Crippen molar-refractivity contribution in [1.82, 2.24) is 14.5 Å². The zero-order chi connectivity index (χ0) is 40.0. The van der Waals surface area contributed by atoms with Crippen LogP contribution >= 0.6 is 0 Å². The van der Waals surface area contributed by atoms with E-state index in [9.17, 15) is 24.3 Å². The van der Waals surface area contributed by atoms with Crippen molar-refractivity contribution in [3.63, 3.8) is 0 Å². The number of amides is 1. The Hall–Kier alpha value is -4.88. The standard InChI is InChI=1S/C43H51N5O8/c1-9-14-55-16-17-56-15-13-44-42(53)39-25(6)33-20-34-27(10-2)22(3)30-21-35-38(26(7)49)24(5)32-19-31-23(4)28(11-12-36(50)51)40-29(18-37(52)54-8)41(39)48(33)43(45(30)34,46(32)35)47(31)40/h19-23,27-28H,9-18H2,1-8H3/p+2/t22-,23+,27-,28+,43-/m1/s1. The highest BCUT2D eigenvalue weighted by Crippen LogP contribution is 2.56. The lowest BCUT2D eigenvalue weighted by atomic mass is 9.83. The normalized spacial score (nSPS) is 24.5. The van der Waals surface area contributed by atoms with Crippen molar-refractivity contribution < 1.29 is 47.6 Å². The molecule has 296 valence electrons. The minimum absolute atomic E-state index is 0.0300. The molecule has 2 aromatic heterocycles. The summed E-state index contributed by atoms with van der Waals surface area (Å²) in [6.07, 6.45) is 8.50. The number of Topliss-reactive ketones (excluding diaryl/α,β-unsaturated/α-hetero) is 1. The maximum absolute atomic E-state index is 14.7. The number of esters is 1. The summed E-state index contributed by atoms with van der Waals surface area (Å²) in [5.41, 5.74) is 8.87. The third kappa shape index (κ3) is 5.05. The number of nitrogens with zero attached hydrogens (tertiary/aromatic N) is 4. The lowest BCUT2D eigenvalue weighted by Crippen LogP contribution is -2.70. The minimum atomic E-state index is -1.17. The second-order valence-electron chi connectivity index (χ2n) is 15.9. The van der Waals surface area contributed by atoms with Gasteiger partial charge < -0.3 is 24.6 Å². The van der Waals surface area contributed by atoms with Crippen LogP contribution < -0.4 is 16.0 Å². The molecule has 2 N–H and O–H groups in total. The molecular weight excluding hydrogens is 714 g/mol. The Kier molecular flexibility index (Phi) is 9.47. The van der Waals surface area contributed by atoms with E-state index in [-0.39, 0.29) is 54.7 Å². The number of aliphatic carboxylic acids is 1. The highest BCUT2D eigenvalue weighted by Gasteiger charge is 2.76. The van der Waals surface area contributed by atoms with Gasteiger partial charge in [-0.25, -0.2) is 0 Å². The van der Waals surface area contributed by atoms with Crippen molar-refractivity contribution in [2.75, 3.05) is 40.1 Å². The van der Waals surface area contributed by atoms with Crippen LogP contribution in [-0.2, 0) is 29.7 Å². The van der Waals surface area contributed by atoms with Gasteiger partial charge >= 0.3 is 17.8 Å². The van der Waals surface area contributed by atoms with Gasteiger partial charge in [0.15, 0.2) is 22.9 Å². The summed E-state index contributed by atoms with van der Waals surface area (Å²) in [6, 6.07) is 0. The zero-order valence-electron chi connectivity index (χ0n) is 33.7. The Bertz CT molecular complexity index is 2390. The molecule has 1 amide bonds. The predicted molar refractivity (Wildman–Crippen MR) is 209 cm³/mol. The Labute approximate surface area is 326 Å². The molecule has 13 heteroatoms. The fourth-order valence-electron chi connectivity index (χ4n) is 10.6. The molecule has 1 spiro atoms. The molecule has 0 fully saturated rings. The topological polar surface area (TPSA) is 144 Å². The van der Waals surface area contributed by atoms with Gasteiger partial charge in [-0.15, -0.1) is 0 Å². The fourth-order valence-corrected chi connectivity index (χ4v) is 10.6. The number of aromatic nitrogens is 2. The number of rotatable bonds is 16.